The van der Waals surface area contributed by atoms with Gasteiger partial charge >= 0.3 is 0 Å². The van der Waals surface area contributed by atoms with E-state index in [9.17, 15) is 9.59 Å². The van der Waals surface area contributed by atoms with E-state index < -0.39 is 0 Å². The number of carbonyl (C=O) groups is 2. The van der Waals surface area contributed by atoms with Gasteiger partial charge in [-0.3, -0.25) is 14.5 Å². The topological polar surface area (TPSA) is 61.9 Å². The minimum Gasteiger partial charge on any atom is -0.379 e. The number of morpholine rings is 1. The molecule has 6 nitrogen and oxygen atoms in total. The molecule has 2 aliphatic heterocycles. The van der Waals surface area contributed by atoms with E-state index in [1.807, 2.05) is 19.1 Å². The fourth-order valence-corrected chi connectivity index (χ4v) is 3.48. The third-order valence-corrected chi connectivity index (χ3v) is 5.27. The molecule has 0 aromatic heterocycles. The van der Waals surface area contributed by atoms with Crippen LogP contribution in [-0.2, 0) is 14.3 Å². The van der Waals surface area contributed by atoms with Crippen LogP contribution in [0, 0.1) is 12.8 Å². The van der Waals surface area contributed by atoms with Crippen molar-refractivity contribution in [1.29, 1.82) is 0 Å². The summed E-state index contributed by atoms with van der Waals surface area (Å²) in [7, 11) is 0. The van der Waals surface area contributed by atoms with E-state index >= 15 is 0 Å². The normalized spacial score (nSPS) is 21.6. The first-order valence-corrected chi connectivity index (χ1v) is 9.07. The molecular weight excluding hydrogens is 342 g/mol. The third kappa shape index (κ3) is 4.32. The molecule has 1 N–H and O–H groups in total. The zero-order chi connectivity index (χ0) is 17.8. The van der Waals surface area contributed by atoms with Crippen LogP contribution in [-0.4, -0.2) is 62.7 Å². The highest BCUT2D eigenvalue weighted by Gasteiger charge is 2.35. The van der Waals surface area contributed by atoms with Gasteiger partial charge < -0.3 is 15.0 Å². The summed E-state index contributed by atoms with van der Waals surface area (Å²) in [6.07, 6.45) is 0.245. The van der Waals surface area contributed by atoms with Gasteiger partial charge in [-0.1, -0.05) is 17.7 Å². The standard InChI is InChI=1S/C18H24ClN3O3/c1-13-15(19)3-2-4-16(13)22-12-14(11-17(22)23)18(24)20-5-6-21-7-9-25-10-8-21/h2-4,14H,5-12H2,1H3,(H,20,24). The lowest BCUT2D eigenvalue weighted by Crippen LogP contribution is -2.42. The summed E-state index contributed by atoms with van der Waals surface area (Å²) in [5.41, 5.74) is 1.66. The molecule has 0 radical (unpaired) electrons. The van der Waals surface area contributed by atoms with Crippen molar-refractivity contribution >= 4 is 29.1 Å². The molecule has 7 heteroatoms. The molecule has 1 aromatic carbocycles. The molecular formula is C18H24ClN3O3. The molecule has 2 amide bonds. The number of carbonyl (C=O) groups excluding carboxylic acids is 2. The Morgan fingerprint density at radius 1 is 1.36 bits per heavy atom. The highest BCUT2D eigenvalue weighted by atomic mass is 35.5. The van der Waals surface area contributed by atoms with Crippen molar-refractivity contribution in [2.45, 2.75) is 13.3 Å². The minimum atomic E-state index is -0.310. The Hall–Kier alpha value is -1.63. The molecule has 1 aromatic rings. The smallest absolute Gasteiger partial charge is 0.227 e. The maximum Gasteiger partial charge on any atom is 0.227 e. The van der Waals surface area contributed by atoms with Crippen LogP contribution in [0.4, 0.5) is 5.69 Å². The second-order valence-corrected chi connectivity index (χ2v) is 6.94. The number of nitrogens with zero attached hydrogens (tertiary/aromatic N) is 2. The summed E-state index contributed by atoms with van der Waals surface area (Å²) in [5.74, 6) is -0.391. The van der Waals surface area contributed by atoms with Gasteiger partial charge in [-0.2, -0.15) is 0 Å². The second-order valence-electron chi connectivity index (χ2n) is 6.53. The van der Waals surface area contributed by atoms with Crippen molar-refractivity contribution in [3.8, 4) is 0 Å². The van der Waals surface area contributed by atoms with Crippen molar-refractivity contribution in [3.63, 3.8) is 0 Å². The molecule has 2 saturated heterocycles. The lowest BCUT2D eigenvalue weighted by molar-refractivity contribution is -0.126. The van der Waals surface area contributed by atoms with E-state index in [4.69, 9.17) is 16.3 Å². The predicted octanol–water partition coefficient (Wildman–Crippen LogP) is 1.45. The van der Waals surface area contributed by atoms with Gasteiger partial charge in [0.15, 0.2) is 0 Å². The number of ether oxygens (including phenoxy) is 1. The van der Waals surface area contributed by atoms with Crippen molar-refractivity contribution in [2.24, 2.45) is 5.92 Å². The molecule has 2 aliphatic rings. The molecule has 25 heavy (non-hydrogen) atoms. The number of nitrogens with one attached hydrogen (secondary N) is 1. The quantitative estimate of drug-likeness (QED) is 0.858. The zero-order valence-corrected chi connectivity index (χ0v) is 15.2. The Bertz CT molecular complexity index is 646. The van der Waals surface area contributed by atoms with Crippen LogP contribution < -0.4 is 10.2 Å². The molecule has 136 valence electrons. The first-order chi connectivity index (χ1) is 12.1. The van der Waals surface area contributed by atoms with E-state index in [1.165, 1.54) is 0 Å². The summed E-state index contributed by atoms with van der Waals surface area (Å²) in [6, 6.07) is 5.50. The van der Waals surface area contributed by atoms with Crippen LogP contribution in [0.2, 0.25) is 5.02 Å². The van der Waals surface area contributed by atoms with Crippen molar-refractivity contribution in [2.75, 3.05) is 50.8 Å². The molecule has 2 heterocycles. The van der Waals surface area contributed by atoms with Gasteiger partial charge in [0.1, 0.15) is 0 Å². The molecule has 0 saturated carbocycles. The summed E-state index contributed by atoms with van der Waals surface area (Å²) in [5, 5.41) is 3.59. The fraction of sp³-hybridized carbons (Fsp3) is 0.556. The van der Waals surface area contributed by atoms with Gasteiger partial charge in [0.05, 0.1) is 19.1 Å². The number of benzene rings is 1. The summed E-state index contributed by atoms with van der Waals surface area (Å²) in [4.78, 5) is 28.7. The van der Waals surface area contributed by atoms with Crippen LogP contribution in [0.3, 0.4) is 0 Å². The number of hydrogen-bond donors (Lipinski definition) is 1. The fourth-order valence-electron chi connectivity index (χ4n) is 3.31. The Morgan fingerprint density at radius 2 is 2.12 bits per heavy atom. The number of hydrogen-bond acceptors (Lipinski definition) is 4. The summed E-state index contributed by atoms with van der Waals surface area (Å²) in [6.45, 7) is 7.01. The molecule has 2 fully saturated rings. The van der Waals surface area contributed by atoms with Crippen molar-refractivity contribution in [1.82, 2.24) is 10.2 Å². The number of amides is 2. The van der Waals surface area contributed by atoms with Gasteiger partial charge in [-0.05, 0) is 24.6 Å². The largest absolute Gasteiger partial charge is 0.379 e. The maximum absolute atomic E-state index is 12.4. The van der Waals surface area contributed by atoms with E-state index in [1.54, 1.807) is 11.0 Å². The second kappa shape index (κ2) is 8.17. The van der Waals surface area contributed by atoms with Gasteiger partial charge in [0.25, 0.3) is 0 Å². The first kappa shape index (κ1) is 18.2. The van der Waals surface area contributed by atoms with E-state index in [2.05, 4.69) is 10.2 Å². The monoisotopic (exact) mass is 365 g/mol. The van der Waals surface area contributed by atoms with Crippen LogP contribution in [0.15, 0.2) is 18.2 Å². The zero-order valence-electron chi connectivity index (χ0n) is 14.5. The molecule has 0 bridgehead atoms. The lowest BCUT2D eigenvalue weighted by Gasteiger charge is -2.26. The predicted molar refractivity (Wildman–Crippen MR) is 96.9 cm³/mol. The van der Waals surface area contributed by atoms with E-state index in [0.29, 0.717) is 18.1 Å². The van der Waals surface area contributed by atoms with Crippen LogP contribution >= 0.6 is 11.6 Å². The van der Waals surface area contributed by atoms with Crippen molar-refractivity contribution < 1.29 is 14.3 Å². The van der Waals surface area contributed by atoms with E-state index in [0.717, 1.165) is 44.1 Å². The number of anilines is 1. The number of halogens is 1. The molecule has 1 unspecified atom stereocenters. The molecule has 0 spiro atoms. The van der Waals surface area contributed by atoms with Crippen LogP contribution in [0.25, 0.3) is 0 Å². The lowest BCUT2D eigenvalue weighted by atomic mass is 10.1. The molecule has 1 atom stereocenters. The molecule has 3 rings (SSSR count). The summed E-state index contributed by atoms with van der Waals surface area (Å²) < 4.78 is 5.31. The average Bonchev–Trinajstić information content (AvgIpc) is 3.00. The van der Waals surface area contributed by atoms with Gasteiger partial charge in [0.2, 0.25) is 11.8 Å². The van der Waals surface area contributed by atoms with Crippen LogP contribution in [0.1, 0.15) is 12.0 Å². The van der Waals surface area contributed by atoms with Gasteiger partial charge in [0, 0.05) is 49.9 Å². The van der Waals surface area contributed by atoms with Crippen molar-refractivity contribution in [3.05, 3.63) is 28.8 Å². The highest BCUT2D eigenvalue weighted by molar-refractivity contribution is 6.31. The Balaban J connectivity index is 1.53. The first-order valence-electron chi connectivity index (χ1n) is 8.69. The van der Waals surface area contributed by atoms with Crippen LogP contribution in [0.5, 0.6) is 0 Å². The average molecular weight is 366 g/mol. The minimum absolute atomic E-state index is 0.0290. The Morgan fingerprint density at radius 3 is 2.88 bits per heavy atom. The van der Waals surface area contributed by atoms with Gasteiger partial charge in [-0.25, -0.2) is 0 Å². The third-order valence-electron chi connectivity index (χ3n) is 4.86. The number of rotatable bonds is 5. The van der Waals surface area contributed by atoms with E-state index in [-0.39, 0.29) is 24.2 Å². The summed E-state index contributed by atoms with van der Waals surface area (Å²) >= 11 is 6.15. The Kier molecular flexibility index (Phi) is 5.93. The SMILES string of the molecule is Cc1c(Cl)cccc1N1CC(C(=O)NCCN2CCOCC2)CC1=O. The van der Waals surface area contributed by atoms with Gasteiger partial charge in [-0.15, -0.1) is 0 Å². The molecule has 0 aliphatic carbocycles. The maximum atomic E-state index is 12.4. The highest BCUT2D eigenvalue weighted by Crippen LogP contribution is 2.31. The Labute approximate surface area is 153 Å².